The van der Waals surface area contributed by atoms with Gasteiger partial charge in [0.05, 0.1) is 6.42 Å². The molecule has 1 amide bonds. The van der Waals surface area contributed by atoms with Gasteiger partial charge in [-0.15, -0.1) is 12.4 Å². The van der Waals surface area contributed by atoms with Gasteiger partial charge >= 0.3 is 0 Å². The summed E-state index contributed by atoms with van der Waals surface area (Å²) in [6.45, 7) is 1.55. The van der Waals surface area contributed by atoms with Crippen molar-refractivity contribution in [2.75, 3.05) is 27.2 Å². The fourth-order valence-electron chi connectivity index (χ4n) is 1.34. The van der Waals surface area contributed by atoms with Gasteiger partial charge in [0.1, 0.15) is 0 Å². The normalized spacial score (nSPS) is 9.59. The van der Waals surface area contributed by atoms with Crippen LogP contribution in [0.15, 0.2) is 28.7 Å². The second-order valence-electron chi connectivity index (χ2n) is 3.69. The van der Waals surface area contributed by atoms with Crippen LogP contribution in [0.25, 0.3) is 0 Å². The van der Waals surface area contributed by atoms with E-state index in [1.807, 2.05) is 38.4 Å². The van der Waals surface area contributed by atoms with E-state index in [1.54, 1.807) is 4.90 Å². The van der Waals surface area contributed by atoms with Gasteiger partial charge in [-0.2, -0.15) is 0 Å². The molecule has 0 fully saturated rings. The minimum Gasteiger partial charge on any atom is -0.344 e. The molecule has 3 nitrogen and oxygen atoms in total. The third-order valence-electron chi connectivity index (χ3n) is 2.42. The molecule has 0 saturated carbocycles. The Hall–Kier alpha value is -0.580. The summed E-state index contributed by atoms with van der Waals surface area (Å²) in [6.07, 6.45) is 0.446. The number of likely N-dealkylation sites (N-methyl/N-ethyl adjacent to an activating group) is 2. The van der Waals surface area contributed by atoms with Gasteiger partial charge in [-0.25, -0.2) is 0 Å². The molecule has 1 rings (SSSR count). The maximum absolute atomic E-state index is 11.8. The third kappa shape index (κ3) is 5.52. The topological polar surface area (TPSA) is 32.3 Å². The lowest BCUT2D eigenvalue weighted by Crippen LogP contribution is -2.33. The lowest BCUT2D eigenvalue weighted by atomic mass is 10.1. The molecule has 0 radical (unpaired) electrons. The zero-order chi connectivity index (χ0) is 12.0. The number of amides is 1. The van der Waals surface area contributed by atoms with Crippen molar-refractivity contribution in [3.63, 3.8) is 0 Å². The molecule has 0 aliphatic carbocycles. The average Bonchev–Trinajstić information content (AvgIpc) is 2.28. The Bertz CT molecular complexity index is 360. The van der Waals surface area contributed by atoms with Crippen LogP contribution in [0.5, 0.6) is 0 Å². The summed E-state index contributed by atoms with van der Waals surface area (Å²) in [4.78, 5) is 13.6. The first kappa shape index (κ1) is 16.4. The number of carbonyl (C=O) groups excluding carboxylic acids is 1. The first-order valence-electron chi connectivity index (χ1n) is 5.27. The van der Waals surface area contributed by atoms with Crippen LogP contribution in [0.2, 0.25) is 0 Å². The van der Waals surface area contributed by atoms with Crippen molar-refractivity contribution in [2.45, 2.75) is 6.42 Å². The summed E-state index contributed by atoms with van der Waals surface area (Å²) < 4.78 is 0.991. The standard InChI is InChI=1S/C12H17BrN2O.ClH/c1-14-7-8-15(2)12(16)9-10-5-3-4-6-11(10)13;/h3-6,14H,7-9H2,1-2H3;1H. The quantitative estimate of drug-likeness (QED) is 0.901. The van der Waals surface area contributed by atoms with Gasteiger partial charge in [-0.05, 0) is 18.7 Å². The Balaban J connectivity index is 0.00000256. The van der Waals surface area contributed by atoms with Crippen molar-refractivity contribution >= 4 is 34.2 Å². The van der Waals surface area contributed by atoms with E-state index in [0.29, 0.717) is 6.42 Å². The molecule has 17 heavy (non-hydrogen) atoms. The van der Waals surface area contributed by atoms with Crippen LogP contribution in [-0.4, -0.2) is 38.0 Å². The van der Waals surface area contributed by atoms with Gasteiger partial charge in [0, 0.05) is 24.6 Å². The van der Waals surface area contributed by atoms with Crippen molar-refractivity contribution in [1.29, 1.82) is 0 Å². The van der Waals surface area contributed by atoms with E-state index >= 15 is 0 Å². The number of benzene rings is 1. The van der Waals surface area contributed by atoms with Crippen LogP contribution in [0.4, 0.5) is 0 Å². The molecule has 0 aliphatic rings. The first-order chi connectivity index (χ1) is 7.65. The zero-order valence-electron chi connectivity index (χ0n) is 10.1. The number of carbonyl (C=O) groups is 1. The van der Waals surface area contributed by atoms with Gasteiger partial charge in [-0.1, -0.05) is 34.1 Å². The molecular formula is C12H18BrClN2O. The fraction of sp³-hybridized carbons (Fsp3) is 0.417. The predicted octanol–water partition coefficient (Wildman–Crippen LogP) is 2.09. The van der Waals surface area contributed by atoms with Gasteiger partial charge in [0.25, 0.3) is 0 Å². The molecule has 0 bridgehead atoms. The lowest BCUT2D eigenvalue weighted by Gasteiger charge is -2.17. The molecular weight excluding hydrogens is 304 g/mol. The highest BCUT2D eigenvalue weighted by molar-refractivity contribution is 9.10. The Morgan fingerprint density at radius 3 is 2.65 bits per heavy atom. The summed E-state index contributed by atoms with van der Waals surface area (Å²) in [5.74, 6) is 0.141. The van der Waals surface area contributed by atoms with Crippen molar-refractivity contribution in [3.8, 4) is 0 Å². The van der Waals surface area contributed by atoms with Crippen LogP contribution in [0.1, 0.15) is 5.56 Å². The van der Waals surface area contributed by atoms with Crippen molar-refractivity contribution < 1.29 is 4.79 Å². The van der Waals surface area contributed by atoms with E-state index in [4.69, 9.17) is 0 Å². The molecule has 1 aromatic rings. The highest BCUT2D eigenvalue weighted by atomic mass is 79.9. The molecule has 0 spiro atoms. The van der Waals surface area contributed by atoms with Crippen LogP contribution >= 0.6 is 28.3 Å². The minimum atomic E-state index is 0. The van der Waals surface area contributed by atoms with Crippen molar-refractivity contribution in [3.05, 3.63) is 34.3 Å². The van der Waals surface area contributed by atoms with E-state index in [1.165, 1.54) is 0 Å². The first-order valence-corrected chi connectivity index (χ1v) is 6.06. The Morgan fingerprint density at radius 1 is 1.41 bits per heavy atom. The van der Waals surface area contributed by atoms with Gasteiger partial charge in [0.2, 0.25) is 5.91 Å². The van der Waals surface area contributed by atoms with Gasteiger partial charge in [0.15, 0.2) is 0 Å². The summed E-state index contributed by atoms with van der Waals surface area (Å²) in [5.41, 5.74) is 1.03. The molecule has 5 heteroatoms. The monoisotopic (exact) mass is 320 g/mol. The van der Waals surface area contributed by atoms with E-state index in [-0.39, 0.29) is 18.3 Å². The maximum Gasteiger partial charge on any atom is 0.226 e. The number of hydrogen-bond acceptors (Lipinski definition) is 2. The maximum atomic E-state index is 11.8. The zero-order valence-corrected chi connectivity index (χ0v) is 12.5. The second kappa shape index (κ2) is 8.50. The predicted molar refractivity (Wildman–Crippen MR) is 76.7 cm³/mol. The summed E-state index contributed by atoms with van der Waals surface area (Å²) >= 11 is 3.44. The van der Waals surface area contributed by atoms with E-state index in [0.717, 1.165) is 23.1 Å². The number of rotatable bonds is 5. The van der Waals surface area contributed by atoms with E-state index in [9.17, 15) is 4.79 Å². The van der Waals surface area contributed by atoms with Crippen molar-refractivity contribution in [1.82, 2.24) is 10.2 Å². The molecule has 0 heterocycles. The molecule has 0 atom stereocenters. The van der Waals surface area contributed by atoms with E-state index < -0.39 is 0 Å². The van der Waals surface area contributed by atoms with Crippen molar-refractivity contribution in [2.24, 2.45) is 0 Å². The molecule has 1 aromatic carbocycles. The van der Waals surface area contributed by atoms with Crippen LogP contribution in [0.3, 0.4) is 0 Å². The smallest absolute Gasteiger partial charge is 0.226 e. The van der Waals surface area contributed by atoms with Gasteiger partial charge in [-0.3, -0.25) is 4.79 Å². The number of halogens is 2. The summed E-state index contributed by atoms with van der Waals surface area (Å²) in [5, 5.41) is 3.03. The van der Waals surface area contributed by atoms with Gasteiger partial charge < -0.3 is 10.2 Å². The number of nitrogens with one attached hydrogen (secondary N) is 1. The summed E-state index contributed by atoms with van der Waals surface area (Å²) in [6, 6.07) is 7.81. The highest BCUT2D eigenvalue weighted by Gasteiger charge is 2.10. The largest absolute Gasteiger partial charge is 0.344 e. The summed E-state index contributed by atoms with van der Waals surface area (Å²) in [7, 11) is 3.71. The Labute approximate surface area is 117 Å². The Morgan fingerprint density at radius 2 is 2.06 bits per heavy atom. The van der Waals surface area contributed by atoms with Crippen LogP contribution < -0.4 is 5.32 Å². The van der Waals surface area contributed by atoms with Crippen LogP contribution in [0, 0.1) is 0 Å². The van der Waals surface area contributed by atoms with E-state index in [2.05, 4.69) is 21.2 Å². The molecule has 1 N–H and O–H groups in total. The molecule has 0 unspecified atom stereocenters. The SMILES string of the molecule is CNCCN(C)C(=O)Cc1ccccc1Br.Cl. The molecule has 0 aromatic heterocycles. The highest BCUT2D eigenvalue weighted by Crippen LogP contribution is 2.16. The third-order valence-corrected chi connectivity index (χ3v) is 3.20. The molecule has 0 saturated heterocycles. The number of hydrogen-bond donors (Lipinski definition) is 1. The number of nitrogens with zero attached hydrogens (tertiary/aromatic N) is 1. The minimum absolute atomic E-state index is 0. The Kier molecular flexibility index (Phi) is 8.21. The fourth-order valence-corrected chi connectivity index (χ4v) is 1.77. The molecule has 96 valence electrons. The average molecular weight is 322 g/mol. The second-order valence-corrected chi connectivity index (χ2v) is 4.54. The lowest BCUT2D eigenvalue weighted by molar-refractivity contribution is -0.129. The van der Waals surface area contributed by atoms with Crippen LogP contribution in [-0.2, 0) is 11.2 Å². The molecule has 0 aliphatic heterocycles.